The third kappa shape index (κ3) is 2.88. The summed E-state index contributed by atoms with van der Waals surface area (Å²) < 4.78 is 5.96. The summed E-state index contributed by atoms with van der Waals surface area (Å²) in [5.41, 5.74) is 5.22. The molecule has 3 rings (SSSR count). The molecule has 0 saturated heterocycles. The number of pyridine rings is 1. The molecule has 1 atom stereocenters. The molecule has 0 aliphatic carbocycles. The summed E-state index contributed by atoms with van der Waals surface area (Å²) in [5.74, 6) is 0.917. The van der Waals surface area contributed by atoms with Crippen LogP contribution in [-0.4, -0.2) is 12.8 Å². The second-order valence-corrected chi connectivity index (χ2v) is 6.72. The van der Waals surface area contributed by atoms with E-state index in [1.54, 1.807) is 0 Å². The first-order valence-corrected chi connectivity index (χ1v) is 8.74. The highest BCUT2D eigenvalue weighted by Crippen LogP contribution is 2.36. The SMILES string of the molecule is [B]C(CC)(CCC)c1ccnc(-c2c(C)ccc3cc(C)oc23)c1. The second-order valence-electron chi connectivity index (χ2n) is 6.72. The van der Waals surface area contributed by atoms with Crippen LogP contribution < -0.4 is 0 Å². The van der Waals surface area contributed by atoms with Crippen LogP contribution in [0.15, 0.2) is 40.9 Å². The first-order chi connectivity index (χ1) is 11.5. The van der Waals surface area contributed by atoms with E-state index < -0.39 is 0 Å². The van der Waals surface area contributed by atoms with Crippen LogP contribution in [0.5, 0.6) is 0 Å². The van der Waals surface area contributed by atoms with Gasteiger partial charge in [-0.3, -0.25) is 4.98 Å². The van der Waals surface area contributed by atoms with Gasteiger partial charge in [-0.2, -0.15) is 0 Å². The Kier molecular flexibility index (Phi) is 4.53. The highest BCUT2D eigenvalue weighted by atomic mass is 16.3. The number of nitrogens with zero attached hydrogens (tertiary/aromatic N) is 1. The van der Waals surface area contributed by atoms with Crippen molar-refractivity contribution in [1.82, 2.24) is 4.98 Å². The fourth-order valence-electron chi connectivity index (χ4n) is 3.50. The zero-order valence-electron chi connectivity index (χ0n) is 15.0. The second kappa shape index (κ2) is 6.47. The summed E-state index contributed by atoms with van der Waals surface area (Å²) in [6.07, 6.45) is 4.81. The predicted octanol–water partition coefficient (Wildman–Crippen LogP) is 5.69. The van der Waals surface area contributed by atoms with E-state index in [0.29, 0.717) is 0 Å². The molecule has 0 bridgehead atoms. The molecule has 3 heteroatoms. The quantitative estimate of drug-likeness (QED) is 0.565. The molecule has 2 radical (unpaired) electrons. The van der Waals surface area contributed by atoms with E-state index in [-0.39, 0.29) is 5.31 Å². The number of aromatic nitrogens is 1. The summed E-state index contributed by atoms with van der Waals surface area (Å²) in [7, 11) is 6.68. The van der Waals surface area contributed by atoms with Crippen molar-refractivity contribution in [1.29, 1.82) is 0 Å². The first kappa shape index (κ1) is 16.8. The number of benzene rings is 1. The van der Waals surface area contributed by atoms with Crippen molar-refractivity contribution in [2.45, 2.75) is 52.3 Å². The van der Waals surface area contributed by atoms with Crippen molar-refractivity contribution in [3.8, 4) is 11.3 Å². The van der Waals surface area contributed by atoms with Crippen molar-refractivity contribution >= 4 is 18.8 Å². The minimum absolute atomic E-state index is 0.298. The van der Waals surface area contributed by atoms with Crippen LogP contribution in [0.4, 0.5) is 0 Å². The van der Waals surface area contributed by atoms with Crippen LogP contribution in [0.1, 0.15) is 50.0 Å². The number of hydrogen-bond donors (Lipinski definition) is 0. The molecule has 122 valence electrons. The lowest BCUT2D eigenvalue weighted by Gasteiger charge is -2.29. The average Bonchev–Trinajstić information content (AvgIpc) is 2.95. The van der Waals surface area contributed by atoms with Gasteiger partial charge in [0.25, 0.3) is 0 Å². The molecule has 0 saturated carbocycles. The zero-order chi connectivity index (χ0) is 17.3. The van der Waals surface area contributed by atoms with Crippen LogP contribution in [0, 0.1) is 13.8 Å². The van der Waals surface area contributed by atoms with E-state index in [2.05, 4.69) is 50.0 Å². The number of aryl methyl sites for hydroxylation is 2. The molecule has 2 nitrogen and oxygen atoms in total. The number of rotatable bonds is 5. The normalized spacial score (nSPS) is 14.0. The van der Waals surface area contributed by atoms with Gasteiger partial charge in [0.15, 0.2) is 0 Å². The summed E-state index contributed by atoms with van der Waals surface area (Å²) in [4.78, 5) is 4.62. The molecule has 0 aliphatic rings. The molecule has 0 N–H and O–H groups in total. The van der Waals surface area contributed by atoms with Crippen molar-refractivity contribution in [2.75, 3.05) is 0 Å². The van der Waals surface area contributed by atoms with Gasteiger partial charge in [0.1, 0.15) is 11.3 Å². The van der Waals surface area contributed by atoms with Gasteiger partial charge in [-0.1, -0.05) is 45.2 Å². The molecular weight excluding hydrogens is 293 g/mol. The van der Waals surface area contributed by atoms with Crippen molar-refractivity contribution < 1.29 is 4.42 Å². The van der Waals surface area contributed by atoms with Gasteiger partial charge in [-0.05, 0) is 48.5 Å². The van der Waals surface area contributed by atoms with E-state index in [1.807, 2.05) is 19.2 Å². The number of hydrogen-bond acceptors (Lipinski definition) is 2. The van der Waals surface area contributed by atoms with E-state index in [9.17, 15) is 0 Å². The summed E-state index contributed by atoms with van der Waals surface area (Å²) in [6, 6.07) is 10.5. The van der Waals surface area contributed by atoms with Gasteiger partial charge in [0.05, 0.1) is 13.5 Å². The van der Waals surface area contributed by atoms with Gasteiger partial charge in [0.2, 0.25) is 0 Å². The van der Waals surface area contributed by atoms with Crippen LogP contribution in [-0.2, 0) is 5.31 Å². The fourth-order valence-corrected chi connectivity index (χ4v) is 3.50. The van der Waals surface area contributed by atoms with E-state index >= 15 is 0 Å². The van der Waals surface area contributed by atoms with Gasteiger partial charge < -0.3 is 4.42 Å². The summed E-state index contributed by atoms with van der Waals surface area (Å²) in [6.45, 7) is 8.41. The maximum atomic E-state index is 6.68. The van der Waals surface area contributed by atoms with Gasteiger partial charge in [0, 0.05) is 17.1 Å². The Morgan fingerprint density at radius 3 is 2.62 bits per heavy atom. The summed E-state index contributed by atoms with van der Waals surface area (Å²) in [5, 5.41) is 0.816. The summed E-state index contributed by atoms with van der Waals surface area (Å²) >= 11 is 0. The first-order valence-electron chi connectivity index (χ1n) is 8.74. The molecule has 2 aromatic heterocycles. The van der Waals surface area contributed by atoms with Gasteiger partial charge in [-0.15, -0.1) is 0 Å². The largest absolute Gasteiger partial charge is 0.461 e. The maximum absolute atomic E-state index is 6.68. The van der Waals surface area contributed by atoms with Gasteiger partial charge >= 0.3 is 0 Å². The maximum Gasteiger partial charge on any atom is 0.143 e. The molecule has 24 heavy (non-hydrogen) atoms. The molecule has 1 aromatic carbocycles. The Morgan fingerprint density at radius 2 is 1.92 bits per heavy atom. The molecule has 0 amide bonds. The minimum Gasteiger partial charge on any atom is -0.461 e. The molecule has 0 spiro atoms. The highest BCUT2D eigenvalue weighted by Gasteiger charge is 2.24. The lowest BCUT2D eigenvalue weighted by atomic mass is 9.60. The molecule has 0 aliphatic heterocycles. The highest BCUT2D eigenvalue weighted by molar-refractivity contribution is 6.16. The third-order valence-corrected chi connectivity index (χ3v) is 4.94. The Labute approximate surface area is 145 Å². The van der Waals surface area contributed by atoms with Gasteiger partial charge in [-0.25, -0.2) is 0 Å². The monoisotopic (exact) mass is 317 g/mol. The Morgan fingerprint density at radius 1 is 1.12 bits per heavy atom. The van der Waals surface area contributed by atoms with Crippen molar-refractivity contribution in [3.05, 3.63) is 53.4 Å². The van der Waals surface area contributed by atoms with Crippen LogP contribution in [0.25, 0.3) is 22.2 Å². The Bertz CT molecular complexity index is 867. The smallest absolute Gasteiger partial charge is 0.143 e. The number of fused-ring (bicyclic) bond motifs is 1. The molecule has 2 heterocycles. The van der Waals surface area contributed by atoms with E-state index in [0.717, 1.165) is 58.4 Å². The predicted molar refractivity (Wildman–Crippen MR) is 102 cm³/mol. The van der Waals surface area contributed by atoms with E-state index in [1.165, 1.54) is 0 Å². The van der Waals surface area contributed by atoms with Crippen LogP contribution in [0.2, 0.25) is 0 Å². The molecule has 1 unspecified atom stereocenters. The topological polar surface area (TPSA) is 26.0 Å². The molecular formula is C21H24BNO. The Balaban J connectivity index is 2.18. The zero-order valence-corrected chi connectivity index (χ0v) is 15.0. The fraction of sp³-hybridized carbons (Fsp3) is 0.381. The standard InChI is InChI=1S/C21H24BNO/c1-5-10-21(22,6-2)17-9-11-23-18(13-17)19-14(3)7-8-16-12-15(4)24-20(16)19/h7-9,11-13H,5-6,10H2,1-4H3. The third-order valence-electron chi connectivity index (χ3n) is 4.94. The van der Waals surface area contributed by atoms with Crippen molar-refractivity contribution in [3.63, 3.8) is 0 Å². The van der Waals surface area contributed by atoms with Crippen LogP contribution >= 0.6 is 0 Å². The lowest BCUT2D eigenvalue weighted by Crippen LogP contribution is -2.25. The number of furan rings is 1. The van der Waals surface area contributed by atoms with Crippen molar-refractivity contribution in [2.24, 2.45) is 0 Å². The Hall–Kier alpha value is -2.03. The molecule has 3 aromatic rings. The minimum atomic E-state index is -0.298. The average molecular weight is 317 g/mol. The van der Waals surface area contributed by atoms with E-state index in [4.69, 9.17) is 12.3 Å². The van der Waals surface area contributed by atoms with Crippen LogP contribution in [0.3, 0.4) is 0 Å². The molecule has 0 fully saturated rings. The lowest BCUT2D eigenvalue weighted by molar-refractivity contribution is 0.527.